The quantitative estimate of drug-likeness (QED) is 0.533. The average molecular weight is 350 g/mol. The predicted molar refractivity (Wildman–Crippen MR) is 99.0 cm³/mol. The molecule has 0 saturated carbocycles. The minimum atomic E-state index is -0.289. The van der Waals surface area contributed by atoms with E-state index in [1.807, 2.05) is 54.1 Å². The molecule has 0 radical (unpaired) electrons. The highest BCUT2D eigenvalue weighted by molar-refractivity contribution is 7.16. The van der Waals surface area contributed by atoms with Crippen molar-refractivity contribution in [3.05, 3.63) is 76.8 Å². The normalized spacial score (nSPS) is 12.2. The van der Waals surface area contributed by atoms with Crippen LogP contribution in [0.3, 0.4) is 0 Å². The van der Waals surface area contributed by atoms with Crippen LogP contribution in [0, 0.1) is 5.82 Å². The number of thiazole rings is 1. The van der Waals surface area contributed by atoms with Gasteiger partial charge in [0.05, 0.1) is 16.6 Å². The average Bonchev–Trinajstić information content (AvgIpc) is 2.90. The number of hydrogen-bond acceptors (Lipinski definition) is 2. The SMILES string of the molecule is Cn1c(=NC(=O)Cc2cccc3ccccc23)sc2cc(F)ccc21. The summed E-state index contributed by atoms with van der Waals surface area (Å²) in [6.07, 6.45) is 0.240. The first-order valence-corrected chi connectivity index (χ1v) is 8.73. The third-order valence-corrected chi connectivity index (χ3v) is 5.31. The van der Waals surface area contributed by atoms with Crippen LogP contribution in [0.1, 0.15) is 5.56 Å². The molecule has 0 unspecified atom stereocenters. The molecule has 3 nitrogen and oxygen atoms in total. The molecule has 4 aromatic rings. The molecule has 0 atom stereocenters. The lowest BCUT2D eigenvalue weighted by Crippen LogP contribution is -2.14. The number of amides is 1. The molecule has 124 valence electrons. The van der Waals surface area contributed by atoms with Crippen LogP contribution < -0.4 is 4.80 Å². The lowest BCUT2D eigenvalue weighted by molar-refractivity contribution is -0.117. The molecule has 0 bridgehead atoms. The molecule has 0 N–H and O–H groups in total. The minimum absolute atomic E-state index is 0.209. The Labute approximate surface area is 147 Å². The zero-order chi connectivity index (χ0) is 17.4. The minimum Gasteiger partial charge on any atom is -0.319 e. The van der Waals surface area contributed by atoms with Crippen LogP contribution >= 0.6 is 11.3 Å². The Kier molecular flexibility index (Phi) is 3.93. The van der Waals surface area contributed by atoms with Gasteiger partial charge >= 0.3 is 0 Å². The molecular weight excluding hydrogens is 335 g/mol. The number of hydrogen-bond donors (Lipinski definition) is 0. The van der Waals surface area contributed by atoms with E-state index in [4.69, 9.17) is 0 Å². The van der Waals surface area contributed by atoms with Crippen molar-refractivity contribution in [3.63, 3.8) is 0 Å². The van der Waals surface area contributed by atoms with Crippen LogP contribution in [-0.4, -0.2) is 10.5 Å². The molecule has 0 spiro atoms. The predicted octanol–water partition coefficient (Wildman–Crippen LogP) is 4.20. The standard InChI is InChI=1S/C20H15FN2OS/c1-23-17-10-9-15(21)12-18(17)25-20(23)22-19(24)11-14-7-4-6-13-5-2-3-8-16(13)14/h2-10,12H,11H2,1H3. The second-order valence-electron chi connectivity index (χ2n) is 5.88. The van der Waals surface area contributed by atoms with E-state index in [1.165, 1.54) is 23.5 Å². The lowest BCUT2D eigenvalue weighted by atomic mass is 10.0. The number of benzene rings is 3. The van der Waals surface area contributed by atoms with Crippen LogP contribution in [0.2, 0.25) is 0 Å². The Morgan fingerprint density at radius 1 is 1.12 bits per heavy atom. The van der Waals surface area contributed by atoms with E-state index in [-0.39, 0.29) is 18.1 Å². The molecule has 4 rings (SSSR count). The molecule has 1 amide bonds. The van der Waals surface area contributed by atoms with E-state index in [0.29, 0.717) is 4.80 Å². The smallest absolute Gasteiger partial charge is 0.252 e. The molecule has 0 aliphatic rings. The largest absolute Gasteiger partial charge is 0.319 e. The van der Waals surface area contributed by atoms with E-state index in [0.717, 1.165) is 26.6 Å². The van der Waals surface area contributed by atoms with Crippen molar-refractivity contribution in [1.82, 2.24) is 4.57 Å². The summed E-state index contributed by atoms with van der Waals surface area (Å²) < 4.78 is 16.0. The van der Waals surface area contributed by atoms with Gasteiger partial charge in [0.25, 0.3) is 5.91 Å². The number of carbonyl (C=O) groups is 1. The van der Waals surface area contributed by atoms with Gasteiger partial charge < -0.3 is 4.57 Å². The van der Waals surface area contributed by atoms with Gasteiger partial charge in [-0.2, -0.15) is 4.99 Å². The molecule has 5 heteroatoms. The molecule has 0 aliphatic heterocycles. The van der Waals surface area contributed by atoms with Gasteiger partial charge in [-0.3, -0.25) is 4.79 Å². The zero-order valence-corrected chi connectivity index (χ0v) is 14.4. The van der Waals surface area contributed by atoms with E-state index < -0.39 is 0 Å². The van der Waals surface area contributed by atoms with Crippen LogP contribution in [0.4, 0.5) is 4.39 Å². The highest BCUT2D eigenvalue weighted by Gasteiger charge is 2.08. The number of carbonyl (C=O) groups excluding carboxylic acids is 1. The fraction of sp³-hybridized carbons (Fsp3) is 0.100. The van der Waals surface area contributed by atoms with Crippen LogP contribution in [0.15, 0.2) is 65.7 Å². The highest BCUT2D eigenvalue weighted by Crippen LogP contribution is 2.20. The van der Waals surface area contributed by atoms with Gasteiger partial charge in [0.1, 0.15) is 5.82 Å². The van der Waals surface area contributed by atoms with Crippen molar-refractivity contribution in [3.8, 4) is 0 Å². The topological polar surface area (TPSA) is 34.4 Å². The molecule has 3 aromatic carbocycles. The summed E-state index contributed by atoms with van der Waals surface area (Å²) in [5.74, 6) is -0.498. The summed E-state index contributed by atoms with van der Waals surface area (Å²) in [5, 5.41) is 2.17. The molecule has 0 saturated heterocycles. The summed E-state index contributed by atoms with van der Waals surface area (Å²) in [6, 6.07) is 18.5. The second-order valence-corrected chi connectivity index (χ2v) is 6.89. The number of aromatic nitrogens is 1. The molecule has 1 aromatic heterocycles. The van der Waals surface area contributed by atoms with Gasteiger partial charge in [0.15, 0.2) is 4.80 Å². The van der Waals surface area contributed by atoms with Crippen LogP contribution in [0.5, 0.6) is 0 Å². The summed E-state index contributed by atoms with van der Waals surface area (Å²) >= 11 is 1.32. The maximum atomic E-state index is 13.4. The third-order valence-electron chi connectivity index (χ3n) is 4.21. The Bertz CT molecular complexity index is 1170. The number of aryl methyl sites for hydroxylation is 1. The van der Waals surface area contributed by atoms with Crippen molar-refractivity contribution in [1.29, 1.82) is 0 Å². The molecule has 1 heterocycles. The van der Waals surface area contributed by atoms with Crippen LogP contribution in [0.25, 0.3) is 21.0 Å². The zero-order valence-electron chi connectivity index (χ0n) is 13.6. The Balaban J connectivity index is 1.72. The van der Waals surface area contributed by atoms with E-state index in [9.17, 15) is 9.18 Å². The van der Waals surface area contributed by atoms with Crippen molar-refractivity contribution in [2.45, 2.75) is 6.42 Å². The van der Waals surface area contributed by atoms with Crippen molar-refractivity contribution in [2.24, 2.45) is 12.0 Å². The van der Waals surface area contributed by atoms with Gasteiger partial charge in [0, 0.05) is 7.05 Å². The number of halogens is 1. The second kappa shape index (κ2) is 6.26. The Hall–Kier alpha value is -2.79. The van der Waals surface area contributed by atoms with Crippen LogP contribution in [-0.2, 0) is 18.3 Å². The first-order chi connectivity index (χ1) is 12.1. The van der Waals surface area contributed by atoms with Gasteiger partial charge in [-0.25, -0.2) is 4.39 Å². The van der Waals surface area contributed by atoms with Crippen molar-refractivity contribution < 1.29 is 9.18 Å². The number of nitrogens with zero attached hydrogens (tertiary/aromatic N) is 2. The van der Waals surface area contributed by atoms with Gasteiger partial charge in [-0.1, -0.05) is 53.8 Å². The molecule has 0 aliphatic carbocycles. The lowest BCUT2D eigenvalue weighted by Gasteiger charge is -2.03. The fourth-order valence-electron chi connectivity index (χ4n) is 2.97. The maximum absolute atomic E-state index is 13.4. The summed E-state index contributed by atoms with van der Waals surface area (Å²) in [4.78, 5) is 17.3. The summed E-state index contributed by atoms with van der Waals surface area (Å²) in [5.41, 5.74) is 1.82. The molecule has 0 fully saturated rings. The third kappa shape index (κ3) is 2.98. The Morgan fingerprint density at radius 3 is 2.80 bits per heavy atom. The van der Waals surface area contributed by atoms with Crippen molar-refractivity contribution >= 4 is 38.2 Å². The highest BCUT2D eigenvalue weighted by atomic mass is 32.1. The number of rotatable bonds is 2. The molecule has 25 heavy (non-hydrogen) atoms. The molecular formula is C20H15FN2OS. The summed E-state index contributed by atoms with van der Waals surface area (Å²) in [6.45, 7) is 0. The fourth-order valence-corrected chi connectivity index (χ4v) is 4.03. The van der Waals surface area contributed by atoms with Crippen molar-refractivity contribution in [2.75, 3.05) is 0 Å². The Morgan fingerprint density at radius 2 is 1.92 bits per heavy atom. The first kappa shape index (κ1) is 15.7. The first-order valence-electron chi connectivity index (χ1n) is 7.91. The van der Waals surface area contributed by atoms with E-state index in [1.54, 1.807) is 6.07 Å². The van der Waals surface area contributed by atoms with Gasteiger partial charge in [-0.15, -0.1) is 0 Å². The number of fused-ring (bicyclic) bond motifs is 2. The van der Waals surface area contributed by atoms with E-state index >= 15 is 0 Å². The monoisotopic (exact) mass is 350 g/mol. The van der Waals surface area contributed by atoms with Gasteiger partial charge in [0.2, 0.25) is 0 Å². The summed E-state index contributed by atoms with van der Waals surface area (Å²) in [7, 11) is 1.83. The maximum Gasteiger partial charge on any atom is 0.252 e. The van der Waals surface area contributed by atoms with Gasteiger partial charge in [-0.05, 0) is 34.5 Å². The van der Waals surface area contributed by atoms with E-state index in [2.05, 4.69) is 4.99 Å².